The maximum absolute atomic E-state index is 12.0. The predicted octanol–water partition coefficient (Wildman–Crippen LogP) is 1.66. The molecule has 7 heteroatoms. The summed E-state index contributed by atoms with van der Waals surface area (Å²) in [6.07, 6.45) is 5.52. The standard InChI is InChI=1S/C17H27N5O.HI/c1-13(2)16(23)22-10-7-15(12-22)21-17(18-3)20-9-6-14-5-4-8-19-11-14;/h4-5,8,11,13,15H,6-7,9-10,12H2,1-3H3,(H2,18,20,21);1H. The SMILES string of the molecule is CN=C(NCCc1cccnc1)NC1CCN(C(=O)C(C)C)C1.I. The van der Waals surface area contributed by atoms with Crippen LogP contribution in [0.1, 0.15) is 25.8 Å². The molecule has 0 aromatic carbocycles. The third-order valence-corrected chi connectivity index (χ3v) is 3.99. The fourth-order valence-corrected chi connectivity index (χ4v) is 2.70. The van der Waals surface area contributed by atoms with Gasteiger partial charge in [-0.05, 0) is 24.5 Å². The highest BCUT2D eigenvalue weighted by Crippen LogP contribution is 2.12. The van der Waals surface area contributed by atoms with Gasteiger partial charge >= 0.3 is 0 Å². The molecule has 0 aliphatic carbocycles. The van der Waals surface area contributed by atoms with Crippen molar-refractivity contribution in [3.63, 3.8) is 0 Å². The number of aromatic nitrogens is 1. The van der Waals surface area contributed by atoms with Gasteiger partial charge in [0, 0.05) is 51.0 Å². The predicted molar refractivity (Wildman–Crippen MR) is 108 cm³/mol. The lowest BCUT2D eigenvalue weighted by molar-refractivity contribution is -0.133. The van der Waals surface area contributed by atoms with Crippen LogP contribution in [0.2, 0.25) is 0 Å². The maximum Gasteiger partial charge on any atom is 0.225 e. The molecule has 1 saturated heterocycles. The Morgan fingerprint density at radius 2 is 2.29 bits per heavy atom. The highest BCUT2D eigenvalue weighted by molar-refractivity contribution is 14.0. The average Bonchev–Trinajstić information content (AvgIpc) is 3.02. The van der Waals surface area contributed by atoms with E-state index in [9.17, 15) is 4.79 Å². The molecule has 1 aromatic heterocycles. The van der Waals surface area contributed by atoms with Crippen molar-refractivity contribution in [2.24, 2.45) is 10.9 Å². The molecular formula is C17H28IN5O. The van der Waals surface area contributed by atoms with E-state index in [0.717, 1.165) is 38.4 Å². The molecule has 1 amide bonds. The van der Waals surface area contributed by atoms with Crippen molar-refractivity contribution >= 4 is 35.8 Å². The van der Waals surface area contributed by atoms with Crippen molar-refractivity contribution in [3.05, 3.63) is 30.1 Å². The Hall–Kier alpha value is -1.38. The van der Waals surface area contributed by atoms with Crippen LogP contribution in [-0.4, -0.2) is 54.5 Å². The molecule has 6 nitrogen and oxygen atoms in total. The van der Waals surface area contributed by atoms with Gasteiger partial charge in [-0.1, -0.05) is 19.9 Å². The molecule has 24 heavy (non-hydrogen) atoms. The second-order valence-electron chi connectivity index (χ2n) is 6.18. The molecule has 2 N–H and O–H groups in total. The van der Waals surface area contributed by atoms with E-state index in [4.69, 9.17) is 0 Å². The third-order valence-electron chi connectivity index (χ3n) is 3.99. The second kappa shape index (κ2) is 10.5. The van der Waals surface area contributed by atoms with Gasteiger partial charge in [-0.25, -0.2) is 0 Å². The number of pyridine rings is 1. The van der Waals surface area contributed by atoms with Crippen molar-refractivity contribution in [2.75, 3.05) is 26.7 Å². The zero-order valence-electron chi connectivity index (χ0n) is 14.7. The van der Waals surface area contributed by atoms with Crippen LogP contribution in [-0.2, 0) is 11.2 Å². The van der Waals surface area contributed by atoms with Gasteiger partial charge in [0.25, 0.3) is 0 Å². The number of likely N-dealkylation sites (tertiary alicyclic amines) is 1. The van der Waals surface area contributed by atoms with Crippen molar-refractivity contribution in [1.29, 1.82) is 0 Å². The third kappa shape index (κ3) is 6.26. The smallest absolute Gasteiger partial charge is 0.225 e. The van der Waals surface area contributed by atoms with Crippen LogP contribution in [0.25, 0.3) is 0 Å². The quantitative estimate of drug-likeness (QED) is 0.411. The number of guanidine groups is 1. The average molecular weight is 445 g/mol. The van der Waals surface area contributed by atoms with Gasteiger partial charge in [0.15, 0.2) is 5.96 Å². The minimum atomic E-state index is 0. The first-order chi connectivity index (χ1) is 11.1. The molecule has 0 saturated carbocycles. The first kappa shape index (κ1) is 20.7. The summed E-state index contributed by atoms with van der Waals surface area (Å²) in [5, 5.41) is 6.72. The Labute approximate surface area is 161 Å². The van der Waals surface area contributed by atoms with Crippen molar-refractivity contribution in [3.8, 4) is 0 Å². The Morgan fingerprint density at radius 3 is 2.92 bits per heavy atom. The summed E-state index contributed by atoms with van der Waals surface area (Å²) in [5.41, 5.74) is 1.20. The molecule has 1 aliphatic heterocycles. The van der Waals surface area contributed by atoms with E-state index in [-0.39, 0.29) is 41.8 Å². The van der Waals surface area contributed by atoms with Crippen molar-refractivity contribution in [2.45, 2.75) is 32.7 Å². The van der Waals surface area contributed by atoms with Crippen LogP contribution in [0.5, 0.6) is 0 Å². The van der Waals surface area contributed by atoms with E-state index in [0.29, 0.717) is 0 Å². The zero-order chi connectivity index (χ0) is 16.7. The van der Waals surface area contributed by atoms with Gasteiger partial charge in [-0.15, -0.1) is 24.0 Å². The number of nitrogens with zero attached hydrogens (tertiary/aromatic N) is 3. The normalized spacial score (nSPS) is 17.6. The Morgan fingerprint density at radius 1 is 1.50 bits per heavy atom. The summed E-state index contributed by atoms with van der Waals surface area (Å²) >= 11 is 0. The van der Waals surface area contributed by atoms with Crippen LogP contribution in [0, 0.1) is 5.92 Å². The maximum atomic E-state index is 12.0. The molecule has 1 fully saturated rings. The number of carbonyl (C=O) groups excluding carboxylic acids is 1. The molecule has 1 unspecified atom stereocenters. The summed E-state index contributed by atoms with van der Waals surface area (Å²) in [7, 11) is 1.77. The largest absolute Gasteiger partial charge is 0.356 e. The molecule has 0 bridgehead atoms. The van der Waals surface area contributed by atoms with Crippen LogP contribution in [0.15, 0.2) is 29.5 Å². The van der Waals surface area contributed by atoms with Gasteiger partial charge in [0.1, 0.15) is 0 Å². The monoisotopic (exact) mass is 445 g/mol. The first-order valence-corrected chi connectivity index (χ1v) is 8.25. The van der Waals surface area contributed by atoms with Crippen molar-refractivity contribution < 1.29 is 4.79 Å². The van der Waals surface area contributed by atoms with Gasteiger partial charge < -0.3 is 15.5 Å². The van der Waals surface area contributed by atoms with E-state index in [1.807, 2.05) is 31.0 Å². The van der Waals surface area contributed by atoms with Crippen LogP contribution < -0.4 is 10.6 Å². The molecule has 134 valence electrons. The molecule has 2 rings (SSSR count). The van der Waals surface area contributed by atoms with Crippen LogP contribution in [0.3, 0.4) is 0 Å². The second-order valence-corrected chi connectivity index (χ2v) is 6.18. The Bertz CT molecular complexity index is 535. The zero-order valence-corrected chi connectivity index (χ0v) is 17.0. The molecule has 1 atom stereocenters. The lowest BCUT2D eigenvalue weighted by Crippen LogP contribution is -2.45. The van der Waals surface area contributed by atoms with E-state index in [1.54, 1.807) is 13.2 Å². The number of amides is 1. The molecule has 1 aliphatic rings. The summed E-state index contributed by atoms with van der Waals surface area (Å²) in [6, 6.07) is 4.28. The Balaban J connectivity index is 0.00000288. The van der Waals surface area contributed by atoms with Crippen LogP contribution in [0.4, 0.5) is 0 Å². The van der Waals surface area contributed by atoms with Gasteiger partial charge in [-0.3, -0.25) is 14.8 Å². The molecule has 0 spiro atoms. The number of hydrogen-bond acceptors (Lipinski definition) is 3. The summed E-state index contributed by atoms with van der Waals surface area (Å²) in [5.74, 6) is 1.08. The summed E-state index contributed by atoms with van der Waals surface area (Å²) in [4.78, 5) is 22.3. The molecule has 1 aromatic rings. The number of carbonyl (C=O) groups is 1. The molecule has 0 radical (unpaired) electrons. The van der Waals surface area contributed by atoms with E-state index >= 15 is 0 Å². The molecule has 2 heterocycles. The number of nitrogens with one attached hydrogen (secondary N) is 2. The number of halogens is 1. The highest BCUT2D eigenvalue weighted by Gasteiger charge is 2.27. The van der Waals surface area contributed by atoms with Gasteiger partial charge in [0.2, 0.25) is 5.91 Å². The van der Waals surface area contributed by atoms with E-state index in [1.165, 1.54) is 5.56 Å². The fourth-order valence-electron chi connectivity index (χ4n) is 2.70. The molecular weight excluding hydrogens is 417 g/mol. The number of rotatable bonds is 5. The van der Waals surface area contributed by atoms with Gasteiger partial charge in [-0.2, -0.15) is 0 Å². The first-order valence-electron chi connectivity index (χ1n) is 8.25. The van der Waals surface area contributed by atoms with Crippen molar-refractivity contribution in [1.82, 2.24) is 20.5 Å². The number of aliphatic imine (C=N–C) groups is 1. The fraction of sp³-hybridized carbons (Fsp3) is 0.588. The summed E-state index contributed by atoms with van der Waals surface area (Å²) in [6.45, 7) is 6.26. The van der Waals surface area contributed by atoms with E-state index in [2.05, 4.69) is 26.7 Å². The summed E-state index contributed by atoms with van der Waals surface area (Å²) < 4.78 is 0. The minimum Gasteiger partial charge on any atom is -0.356 e. The van der Waals surface area contributed by atoms with Crippen LogP contribution >= 0.6 is 24.0 Å². The highest BCUT2D eigenvalue weighted by atomic mass is 127. The van der Waals surface area contributed by atoms with E-state index < -0.39 is 0 Å². The number of hydrogen-bond donors (Lipinski definition) is 2. The topological polar surface area (TPSA) is 69.6 Å². The lowest BCUT2D eigenvalue weighted by Gasteiger charge is -2.20. The Kier molecular flexibility index (Phi) is 9.02. The minimum absolute atomic E-state index is 0. The van der Waals surface area contributed by atoms with Gasteiger partial charge in [0.05, 0.1) is 0 Å². The lowest BCUT2D eigenvalue weighted by atomic mass is 10.2.